The lowest BCUT2D eigenvalue weighted by Gasteiger charge is -2.07. The number of rotatable bonds is 6. The Kier molecular flexibility index (Phi) is 5.36. The Balaban J connectivity index is 1.77. The van der Waals surface area contributed by atoms with E-state index in [0.29, 0.717) is 15.6 Å². The molecule has 8 nitrogen and oxygen atoms in total. The molecule has 11 heteroatoms. The zero-order valence-corrected chi connectivity index (χ0v) is 15.9. The first-order valence-electron chi connectivity index (χ1n) is 7.49. The van der Waals surface area contributed by atoms with Crippen LogP contribution < -0.4 is 4.72 Å². The molecule has 1 N–H and O–H groups in total. The van der Waals surface area contributed by atoms with Crippen molar-refractivity contribution < 1.29 is 13.3 Å². The monoisotopic (exact) mass is 426 g/mol. The Hall–Kier alpha value is -2.62. The van der Waals surface area contributed by atoms with E-state index in [9.17, 15) is 18.5 Å². The zero-order valence-electron chi connectivity index (χ0n) is 13.5. The molecule has 0 spiro atoms. The van der Waals surface area contributed by atoms with Gasteiger partial charge in [-0.25, -0.2) is 8.42 Å². The van der Waals surface area contributed by atoms with E-state index in [1.54, 1.807) is 18.2 Å². The molecule has 0 unspecified atom stereocenters. The van der Waals surface area contributed by atoms with Gasteiger partial charge >= 0.3 is 0 Å². The number of halogens is 2. The van der Waals surface area contributed by atoms with Crippen molar-refractivity contribution in [2.45, 2.75) is 11.4 Å². The number of nitro groups is 1. The molecular weight excluding hydrogens is 415 g/mol. The average molecular weight is 427 g/mol. The number of hydrogen-bond donors (Lipinski definition) is 1. The Bertz CT molecular complexity index is 1080. The van der Waals surface area contributed by atoms with Crippen LogP contribution in [0.2, 0.25) is 10.0 Å². The van der Waals surface area contributed by atoms with Gasteiger partial charge in [0.25, 0.3) is 15.7 Å². The Morgan fingerprint density at radius 3 is 2.33 bits per heavy atom. The van der Waals surface area contributed by atoms with Crippen LogP contribution in [0.15, 0.2) is 59.8 Å². The summed E-state index contributed by atoms with van der Waals surface area (Å²) in [5.41, 5.74) is 0.698. The van der Waals surface area contributed by atoms with Crippen LogP contribution in [-0.4, -0.2) is 23.1 Å². The van der Waals surface area contributed by atoms with Gasteiger partial charge in [0.15, 0.2) is 0 Å². The third kappa shape index (κ3) is 4.38. The molecule has 2 aromatic carbocycles. The Labute approximate surface area is 164 Å². The first kappa shape index (κ1) is 19.2. The van der Waals surface area contributed by atoms with E-state index in [4.69, 9.17) is 23.2 Å². The summed E-state index contributed by atoms with van der Waals surface area (Å²) in [4.78, 5) is 9.96. The molecule has 0 saturated carbocycles. The highest BCUT2D eigenvalue weighted by Crippen LogP contribution is 2.25. The molecule has 0 aliphatic rings. The highest BCUT2D eigenvalue weighted by Gasteiger charge is 2.17. The third-order valence-corrected chi connectivity index (χ3v) is 5.73. The first-order chi connectivity index (χ1) is 12.8. The van der Waals surface area contributed by atoms with E-state index >= 15 is 0 Å². The standard InChI is InChI=1S/C16H12Cl2N4O4S/c17-15-2-1-3-16(18)14(15)10-21-9-11(8-19-21)20-27(25,26)13-6-4-12(5-7-13)22(23)24/h1-9,20H,10H2. The number of sulfonamides is 1. The van der Waals surface area contributed by atoms with Gasteiger partial charge in [-0.1, -0.05) is 29.3 Å². The molecular formula is C16H12Cl2N4O4S. The van der Waals surface area contributed by atoms with Crippen molar-refractivity contribution in [1.82, 2.24) is 9.78 Å². The average Bonchev–Trinajstić information content (AvgIpc) is 3.05. The van der Waals surface area contributed by atoms with Crippen molar-refractivity contribution in [2.75, 3.05) is 4.72 Å². The van der Waals surface area contributed by atoms with Gasteiger partial charge < -0.3 is 0 Å². The van der Waals surface area contributed by atoms with E-state index in [1.165, 1.54) is 17.1 Å². The van der Waals surface area contributed by atoms with Crippen molar-refractivity contribution in [3.05, 3.63) is 80.6 Å². The van der Waals surface area contributed by atoms with E-state index in [2.05, 4.69) is 9.82 Å². The minimum absolute atomic E-state index is 0.102. The smallest absolute Gasteiger partial charge is 0.269 e. The fraction of sp³-hybridized carbons (Fsp3) is 0.0625. The van der Waals surface area contributed by atoms with Gasteiger partial charge in [-0.3, -0.25) is 19.5 Å². The van der Waals surface area contributed by atoms with Gasteiger partial charge in [-0.2, -0.15) is 5.10 Å². The van der Waals surface area contributed by atoms with Crippen molar-refractivity contribution in [2.24, 2.45) is 0 Å². The van der Waals surface area contributed by atoms with Crippen LogP contribution in [0.4, 0.5) is 11.4 Å². The molecule has 0 bridgehead atoms. The summed E-state index contributed by atoms with van der Waals surface area (Å²) in [6, 6.07) is 9.69. The van der Waals surface area contributed by atoms with Gasteiger partial charge in [0, 0.05) is 33.9 Å². The second kappa shape index (κ2) is 7.55. The third-order valence-electron chi connectivity index (χ3n) is 3.63. The number of benzene rings is 2. The van der Waals surface area contributed by atoms with Gasteiger partial charge in [0.1, 0.15) is 0 Å². The predicted octanol–water partition coefficient (Wildman–Crippen LogP) is 3.95. The second-order valence-electron chi connectivity index (χ2n) is 5.48. The van der Waals surface area contributed by atoms with Gasteiger partial charge in [-0.15, -0.1) is 0 Å². The largest absolute Gasteiger partial charge is 0.276 e. The Morgan fingerprint density at radius 1 is 1.11 bits per heavy atom. The molecule has 0 amide bonds. The number of nitrogens with one attached hydrogen (secondary N) is 1. The molecule has 0 fully saturated rings. The van der Waals surface area contributed by atoms with Gasteiger partial charge in [0.05, 0.1) is 28.2 Å². The predicted molar refractivity (Wildman–Crippen MR) is 102 cm³/mol. The normalized spacial score (nSPS) is 11.3. The molecule has 140 valence electrons. The lowest BCUT2D eigenvalue weighted by Crippen LogP contribution is -2.12. The van der Waals surface area contributed by atoms with Crippen LogP contribution in [0.3, 0.4) is 0 Å². The number of nitro benzene ring substituents is 1. The molecule has 0 aliphatic carbocycles. The molecule has 0 atom stereocenters. The second-order valence-corrected chi connectivity index (χ2v) is 7.98. The van der Waals surface area contributed by atoms with Crippen LogP contribution in [0, 0.1) is 10.1 Å². The molecule has 0 radical (unpaired) electrons. The number of nitrogens with zero attached hydrogens (tertiary/aromatic N) is 3. The fourth-order valence-electron chi connectivity index (χ4n) is 2.31. The minimum Gasteiger partial charge on any atom is -0.276 e. The minimum atomic E-state index is -3.91. The van der Waals surface area contributed by atoms with Crippen LogP contribution in [0.5, 0.6) is 0 Å². The molecule has 0 saturated heterocycles. The summed E-state index contributed by atoms with van der Waals surface area (Å²) in [5.74, 6) is 0. The van der Waals surface area contributed by atoms with E-state index in [-0.39, 0.29) is 22.8 Å². The van der Waals surface area contributed by atoms with E-state index in [1.807, 2.05) is 0 Å². The lowest BCUT2D eigenvalue weighted by atomic mass is 10.2. The van der Waals surface area contributed by atoms with Crippen LogP contribution in [-0.2, 0) is 16.6 Å². The molecule has 3 rings (SSSR count). The van der Waals surface area contributed by atoms with Crippen LogP contribution in [0.1, 0.15) is 5.56 Å². The van der Waals surface area contributed by atoms with E-state index in [0.717, 1.165) is 24.3 Å². The topological polar surface area (TPSA) is 107 Å². The molecule has 27 heavy (non-hydrogen) atoms. The summed E-state index contributed by atoms with van der Waals surface area (Å²) in [5, 5.41) is 15.7. The SMILES string of the molecule is O=[N+]([O-])c1ccc(S(=O)(=O)Nc2cnn(Cc3c(Cl)cccc3Cl)c2)cc1. The van der Waals surface area contributed by atoms with Gasteiger partial charge in [-0.05, 0) is 24.3 Å². The molecule has 0 aliphatic heterocycles. The number of hydrogen-bond acceptors (Lipinski definition) is 5. The van der Waals surface area contributed by atoms with Gasteiger partial charge in [0.2, 0.25) is 0 Å². The van der Waals surface area contributed by atoms with Crippen LogP contribution in [0.25, 0.3) is 0 Å². The molecule has 1 heterocycles. The summed E-state index contributed by atoms with van der Waals surface area (Å²) in [6.07, 6.45) is 2.83. The number of aromatic nitrogens is 2. The highest BCUT2D eigenvalue weighted by atomic mass is 35.5. The highest BCUT2D eigenvalue weighted by molar-refractivity contribution is 7.92. The lowest BCUT2D eigenvalue weighted by molar-refractivity contribution is -0.384. The van der Waals surface area contributed by atoms with Crippen molar-refractivity contribution >= 4 is 44.6 Å². The first-order valence-corrected chi connectivity index (χ1v) is 9.73. The van der Waals surface area contributed by atoms with Crippen molar-refractivity contribution in [1.29, 1.82) is 0 Å². The fourth-order valence-corrected chi connectivity index (χ4v) is 3.85. The maximum Gasteiger partial charge on any atom is 0.269 e. The molecule has 3 aromatic rings. The maximum atomic E-state index is 12.4. The zero-order chi connectivity index (χ0) is 19.6. The summed E-state index contributed by atoms with van der Waals surface area (Å²) in [6.45, 7) is 0.262. The molecule has 1 aromatic heterocycles. The van der Waals surface area contributed by atoms with E-state index < -0.39 is 14.9 Å². The summed E-state index contributed by atoms with van der Waals surface area (Å²) in [7, 11) is -3.91. The maximum absolute atomic E-state index is 12.4. The summed E-state index contributed by atoms with van der Waals surface area (Å²) >= 11 is 12.2. The number of non-ortho nitro benzene ring substituents is 1. The Morgan fingerprint density at radius 2 is 1.74 bits per heavy atom. The van der Waals surface area contributed by atoms with Crippen molar-refractivity contribution in [3.63, 3.8) is 0 Å². The number of anilines is 1. The van der Waals surface area contributed by atoms with Crippen molar-refractivity contribution in [3.8, 4) is 0 Å². The summed E-state index contributed by atoms with van der Waals surface area (Å²) < 4.78 is 28.7. The quantitative estimate of drug-likeness (QED) is 0.474. The van der Waals surface area contributed by atoms with Crippen LogP contribution >= 0.6 is 23.2 Å².